The van der Waals surface area contributed by atoms with Crippen LogP contribution >= 0.6 is 8.58 Å². The lowest BCUT2D eigenvalue weighted by atomic mass is 10.5. The number of aryl methyl sites for hydroxylation is 1. The Hall–Kier alpha value is -0.810. The third-order valence-electron chi connectivity index (χ3n) is 1.80. The van der Waals surface area contributed by atoms with Gasteiger partial charge >= 0.3 is 0 Å². The van der Waals surface area contributed by atoms with Crippen molar-refractivity contribution in [2.75, 3.05) is 0 Å². The number of allylic oxidation sites excluding steroid dienone is 4. The van der Waals surface area contributed by atoms with E-state index in [0.717, 1.165) is 17.7 Å². The maximum atomic E-state index is 5.49. The van der Waals surface area contributed by atoms with Gasteiger partial charge in [0.2, 0.25) is 0 Å². The Morgan fingerprint density at radius 2 is 2.33 bits per heavy atom. The van der Waals surface area contributed by atoms with E-state index in [-0.39, 0.29) is 0 Å². The number of rotatable bonds is 2. The quantitative estimate of drug-likeness (QED) is 0.634. The van der Waals surface area contributed by atoms with Gasteiger partial charge in [-0.25, -0.2) is 0 Å². The summed E-state index contributed by atoms with van der Waals surface area (Å²) in [5.74, 6) is 1.00. The molecule has 0 saturated heterocycles. The second-order valence-corrected chi connectivity index (χ2v) is 4.24. The van der Waals surface area contributed by atoms with Gasteiger partial charge in [-0.2, -0.15) is 0 Å². The molecule has 1 aliphatic rings. The Labute approximate surface area is 73.9 Å². The Kier molecular flexibility index (Phi) is 2.14. The van der Waals surface area contributed by atoms with Gasteiger partial charge in [-0.3, -0.25) is 0 Å². The molecule has 0 amide bonds. The van der Waals surface area contributed by atoms with E-state index in [9.17, 15) is 0 Å². The molecule has 0 aliphatic heterocycles. The van der Waals surface area contributed by atoms with Gasteiger partial charge in [0.15, 0.2) is 0 Å². The molecule has 1 unspecified atom stereocenters. The molecule has 0 aromatic carbocycles. The van der Waals surface area contributed by atoms with Gasteiger partial charge in [-0.05, 0) is 39.4 Å². The van der Waals surface area contributed by atoms with Gasteiger partial charge in [-0.1, -0.05) is 18.2 Å². The minimum absolute atomic E-state index is 0.711. The maximum Gasteiger partial charge on any atom is 0.126 e. The molecule has 0 bridgehead atoms. The monoisotopic (exact) mass is 178 g/mol. The number of hydrogen-bond acceptors (Lipinski definition) is 1. The largest absolute Gasteiger partial charge is 0.462 e. The molecule has 0 saturated carbocycles. The first-order valence-corrected chi connectivity index (χ1v) is 5.04. The molecule has 0 fully saturated rings. The molecule has 1 aliphatic carbocycles. The van der Waals surface area contributed by atoms with Crippen LogP contribution in [0.25, 0.3) is 0 Å². The summed E-state index contributed by atoms with van der Waals surface area (Å²) in [6.45, 7) is 1.98. The van der Waals surface area contributed by atoms with Gasteiger partial charge in [-0.15, -0.1) is 0 Å². The first kappa shape index (κ1) is 7.82. The zero-order chi connectivity index (χ0) is 8.39. The van der Waals surface area contributed by atoms with E-state index in [1.54, 1.807) is 0 Å². The molecule has 62 valence electrons. The summed E-state index contributed by atoms with van der Waals surface area (Å²) in [6.07, 6.45) is 7.56. The predicted octanol–water partition coefficient (Wildman–Crippen LogP) is 2.74. The first-order chi connectivity index (χ1) is 5.84. The van der Waals surface area contributed by atoms with Crippen LogP contribution in [0.2, 0.25) is 0 Å². The Morgan fingerprint density at radius 1 is 1.42 bits per heavy atom. The smallest absolute Gasteiger partial charge is 0.126 e. The average molecular weight is 178 g/mol. The summed E-state index contributed by atoms with van der Waals surface area (Å²) >= 11 is 0. The summed E-state index contributed by atoms with van der Waals surface area (Å²) < 4.78 is 5.49. The van der Waals surface area contributed by atoms with Crippen LogP contribution in [0.1, 0.15) is 12.2 Å². The van der Waals surface area contributed by atoms with E-state index >= 15 is 0 Å². The van der Waals surface area contributed by atoms with Gasteiger partial charge in [0.1, 0.15) is 11.3 Å². The van der Waals surface area contributed by atoms with Crippen molar-refractivity contribution < 1.29 is 4.42 Å². The topological polar surface area (TPSA) is 13.1 Å². The molecule has 12 heavy (non-hydrogen) atoms. The van der Waals surface area contributed by atoms with Crippen LogP contribution in [0.5, 0.6) is 0 Å². The van der Waals surface area contributed by atoms with Crippen molar-refractivity contribution in [3.8, 4) is 0 Å². The lowest BCUT2D eigenvalue weighted by Crippen LogP contribution is -1.86. The van der Waals surface area contributed by atoms with E-state index in [1.165, 1.54) is 5.31 Å². The van der Waals surface area contributed by atoms with Crippen LogP contribution in [-0.4, -0.2) is 0 Å². The number of furan rings is 1. The Morgan fingerprint density at radius 3 is 2.92 bits per heavy atom. The average Bonchev–Trinajstić information content (AvgIpc) is 2.63. The van der Waals surface area contributed by atoms with Gasteiger partial charge in [0, 0.05) is 0 Å². The Balaban J connectivity index is 2.04. The van der Waals surface area contributed by atoms with E-state index in [1.807, 2.05) is 13.0 Å². The van der Waals surface area contributed by atoms with Crippen molar-refractivity contribution in [1.29, 1.82) is 0 Å². The molecule has 1 aromatic rings. The lowest BCUT2D eigenvalue weighted by molar-refractivity contribution is 0.567. The fraction of sp³-hybridized carbons (Fsp3) is 0.200. The molecule has 0 spiro atoms. The fourth-order valence-electron chi connectivity index (χ4n) is 1.20. The summed E-state index contributed by atoms with van der Waals surface area (Å²) in [5, 5.41) is 1.46. The van der Waals surface area contributed by atoms with Crippen molar-refractivity contribution in [2.24, 2.45) is 0 Å². The van der Waals surface area contributed by atoms with Crippen LogP contribution in [0.4, 0.5) is 0 Å². The fourth-order valence-corrected chi connectivity index (χ4v) is 2.29. The molecule has 1 heterocycles. The van der Waals surface area contributed by atoms with Crippen molar-refractivity contribution in [1.82, 2.24) is 0 Å². The standard InChI is InChI=1S/C10H11OP/c1-8-6-7-10(11-8)12-9-4-2-3-5-9/h2-4,6-7,12H,5H2,1H3. The minimum atomic E-state index is 0.711. The molecule has 1 nitrogen and oxygen atoms in total. The molecule has 1 atom stereocenters. The van der Waals surface area contributed by atoms with E-state index in [4.69, 9.17) is 4.42 Å². The zero-order valence-corrected chi connectivity index (χ0v) is 8.00. The van der Waals surface area contributed by atoms with Crippen molar-refractivity contribution >= 4 is 14.1 Å². The summed E-state index contributed by atoms with van der Waals surface area (Å²) in [7, 11) is 0.711. The highest BCUT2D eigenvalue weighted by molar-refractivity contribution is 7.51. The summed E-state index contributed by atoms with van der Waals surface area (Å²) in [6, 6.07) is 4.08. The minimum Gasteiger partial charge on any atom is -0.462 e. The predicted molar refractivity (Wildman–Crippen MR) is 53.2 cm³/mol. The molecule has 1 aromatic heterocycles. The van der Waals surface area contributed by atoms with Crippen LogP contribution in [0, 0.1) is 6.92 Å². The second kappa shape index (κ2) is 3.28. The van der Waals surface area contributed by atoms with Crippen LogP contribution < -0.4 is 5.50 Å². The molecular weight excluding hydrogens is 167 g/mol. The van der Waals surface area contributed by atoms with Crippen molar-refractivity contribution in [3.63, 3.8) is 0 Å². The van der Waals surface area contributed by atoms with Crippen LogP contribution in [0.15, 0.2) is 40.1 Å². The van der Waals surface area contributed by atoms with Crippen LogP contribution in [0.3, 0.4) is 0 Å². The van der Waals surface area contributed by atoms with Gasteiger partial charge in [0.25, 0.3) is 0 Å². The van der Waals surface area contributed by atoms with Crippen molar-refractivity contribution in [2.45, 2.75) is 13.3 Å². The second-order valence-electron chi connectivity index (χ2n) is 2.86. The molecule has 2 heteroatoms. The normalized spacial score (nSPS) is 16.2. The summed E-state index contributed by atoms with van der Waals surface area (Å²) in [4.78, 5) is 0. The highest BCUT2D eigenvalue weighted by Crippen LogP contribution is 2.29. The highest BCUT2D eigenvalue weighted by atomic mass is 31.1. The Bertz CT molecular complexity index is 333. The van der Waals surface area contributed by atoms with Crippen molar-refractivity contribution in [3.05, 3.63) is 41.4 Å². The van der Waals surface area contributed by atoms with E-state index < -0.39 is 0 Å². The molecular formula is C10H11OP. The molecule has 0 radical (unpaired) electrons. The molecule has 0 N–H and O–H groups in total. The van der Waals surface area contributed by atoms with Gasteiger partial charge in [0.05, 0.1) is 0 Å². The van der Waals surface area contributed by atoms with E-state index in [2.05, 4.69) is 24.3 Å². The summed E-state index contributed by atoms with van der Waals surface area (Å²) in [5.41, 5.74) is 1.10. The van der Waals surface area contributed by atoms with Gasteiger partial charge < -0.3 is 4.42 Å². The third kappa shape index (κ3) is 1.67. The van der Waals surface area contributed by atoms with Crippen LogP contribution in [-0.2, 0) is 0 Å². The SMILES string of the molecule is Cc1ccc(PC2=CC=CC2)o1. The lowest BCUT2D eigenvalue weighted by Gasteiger charge is -1.96. The first-order valence-electron chi connectivity index (χ1n) is 4.04. The zero-order valence-electron chi connectivity index (χ0n) is 7.00. The third-order valence-corrected chi connectivity index (χ3v) is 3.00. The highest BCUT2D eigenvalue weighted by Gasteiger charge is 2.03. The molecule has 2 rings (SSSR count). The van der Waals surface area contributed by atoms with E-state index in [0.29, 0.717) is 8.58 Å². The number of hydrogen-bond donors (Lipinski definition) is 0. The maximum absolute atomic E-state index is 5.49.